The van der Waals surface area contributed by atoms with Gasteiger partial charge in [0.2, 0.25) is 0 Å². The summed E-state index contributed by atoms with van der Waals surface area (Å²) in [6, 6.07) is 24.8. The van der Waals surface area contributed by atoms with Gasteiger partial charge < -0.3 is 0 Å². The third kappa shape index (κ3) is 2.04. The zero-order valence-corrected chi connectivity index (χ0v) is 16.0. The van der Waals surface area contributed by atoms with Crippen molar-refractivity contribution in [1.29, 1.82) is 0 Å². The minimum Gasteiger partial charge on any atom is -0.0726 e. The summed E-state index contributed by atoms with van der Waals surface area (Å²) in [5, 5.41) is 0. The molecule has 0 fully saturated rings. The number of hydrogen-bond acceptors (Lipinski definition) is 0. The third-order valence-corrected chi connectivity index (χ3v) is 7.07. The van der Waals surface area contributed by atoms with Gasteiger partial charge >= 0.3 is 0 Å². The predicted molar refractivity (Wildman–Crippen MR) is 120 cm³/mol. The topological polar surface area (TPSA) is 0 Å². The van der Waals surface area contributed by atoms with Gasteiger partial charge in [-0.3, -0.25) is 0 Å². The molecule has 0 heteroatoms. The second-order valence-electron chi connectivity index (χ2n) is 8.50. The molecule has 4 aliphatic rings. The number of benzene rings is 3. The highest BCUT2D eigenvalue weighted by Gasteiger charge is 2.39. The Morgan fingerprint density at radius 2 is 1.41 bits per heavy atom. The second kappa shape index (κ2) is 5.58. The van der Waals surface area contributed by atoms with Crippen LogP contribution in [-0.2, 0) is 0 Å². The monoisotopic (exact) mass is 368 g/mol. The number of fused-ring (bicyclic) bond motifs is 6. The average molecular weight is 368 g/mol. The molecule has 0 nitrogen and oxygen atoms in total. The molecule has 3 aromatic carbocycles. The summed E-state index contributed by atoms with van der Waals surface area (Å²) < 4.78 is 0. The van der Waals surface area contributed by atoms with Gasteiger partial charge in [0.1, 0.15) is 0 Å². The zero-order valence-electron chi connectivity index (χ0n) is 16.0. The van der Waals surface area contributed by atoms with Gasteiger partial charge in [0.25, 0.3) is 0 Å². The van der Waals surface area contributed by atoms with E-state index >= 15 is 0 Å². The van der Waals surface area contributed by atoms with Gasteiger partial charge in [0.05, 0.1) is 0 Å². The van der Waals surface area contributed by atoms with E-state index in [1.54, 1.807) is 0 Å². The van der Waals surface area contributed by atoms with E-state index < -0.39 is 0 Å². The second-order valence-corrected chi connectivity index (χ2v) is 8.50. The predicted octanol–water partition coefficient (Wildman–Crippen LogP) is 6.97. The molecule has 0 spiro atoms. The summed E-state index contributed by atoms with van der Waals surface area (Å²) in [6.45, 7) is 0. The van der Waals surface area contributed by atoms with Crippen LogP contribution in [0.4, 0.5) is 0 Å². The van der Waals surface area contributed by atoms with E-state index in [4.69, 9.17) is 0 Å². The molecule has 7 rings (SSSR count). The maximum atomic E-state index is 2.50. The lowest BCUT2D eigenvalue weighted by Gasteiger charge is -2.41. The molecule has 0 N–H and O–H groups in total. The zero-order chi connectivity index (χ0) is 18.9. The molecule has 0 saturated heterocycles. The van der Waals surface area contributed by atoms with Crippen LogP contribution in [0.15, 0.2) is 102 Å². The molecule has 4 bridgehead atoms. The lowest BCUT2D eigenvalue weighted by molar-refractivity contribution is 0.802. The van der Waals surface area contributed by atoms with E-state index in [0.29, 0.717) is 17.8 Å². The summed E-state index contributed by atoms with van der Waals surface area (Å²) in [5.41, 5.74) is 13.0. The molecular weight excluding hydrogens is 348 g/mol. The Morgan fingerprint density at radius 1 is 0.586 bits per heavy atom. The maximum absolute atomic E-state index is 2.50. The van der Waals surface area contributed by atoms with Crippen molar-refractivity contribution in [2.75, 3.05) is 0 Å². The fraction of sp³-hybridized carbons (Fsp3) is 0.103. The Labute approximate surface area is 171 Å². The summed E-state index contributed by atoms with van der Waals surface area (Å²) in [5.74, 6) is 1.11. The number of allylic oxidation sites excluding steroid dienone is 6. The van der Waals surface area contributed by atoms with Gasteiger partial charge in [0.15, 0.2) is 0 Å². The van der Waals surface area contributed by atoms with Crippen LogP contribution >= 0.6 is 0 Å². The molecule has 0 heterocycles. The summed E-state index contributed by atoms with van der Waals surface area (Å²) >= 11 is 0. The average Bonchev–Trinajstić information content (AvgIpc) is 3.17. The van der Waals surface area contributed by atoms with Gasteiger partial charge in [-0.05, 0) is 56.2 Å². The normalized spacial score (nSPS) is 24.3. The lowest BCUT2D eigenvalue weighted by atomic mass is 9.62. The molecule has 136 valence electrons. The summed E-state index contributed by atoms with van der Waals surface area (Å²) in [6.07, 6.45) is 14.1. The van der Waals surface area contributed by atoms with Gasteiger partial charge in [-0.1, -0.05) is 97.1 Å². The SMILES string of the molecule is C1=C[C@H]2C3=Cc4cc5c(cc4[C@@H](C3=C1)c1ccccc12)C(c1ccccc1)C=C5. The standard InChI is InChI=1S/C29H20/c1-2-7-18(8-3-1)21-14-13-19-15-20-16-28-23-11-6-12-25(28)29(27(20)17-26(19)21)24-10-5-4-9-22(23)24/h1-17,21,23,29H/t21?,23-,29-/m1/s1. The highest BCUT2D eigenvalue weighted by molar-refractivity contribution is 5.81. The first-order valence-electron chi connectivity index (χ1n) is 10.5. The van der Waals surface area contributed by atoms with Crippen molar-refractivity contribution in [2.45, 2.75) is 17.8 Å². The molecule has 0 aromatic heterocycles. The Balaban J connectivity index is 1.48. The van der Waals surface area contributed by atoms with E-state index in [9.17, 15) is 0 Å². The molecule has 0 radical (unpaired) electrons. The van der Waals surface area contributed by atoms with Crippen LogP contribution in [0, 0.1) is 0 Å². The van der Waals surface area contributed by atoms with Crippen molar-refractivity contribution in [3.63, 3.8) is 0 Å². The van der Waals surface area contributed by atoms with Crippen LogP contribution in [0.3, 0.4) is 0 Å². The first-order valence-corrected chi connectivity index (χ1v) is 10.5. The Morgan fingerprint density at radius 3 is 2.31 bits per heavy atom. The highest BCUT2D eigenvalue weighted by atomic mass is 14.4. The minimum atomic E-state index is 0.352. The molecule has 4 aliphatic carbocycles. The number of hydrogen-bond donors (Lipinski definition) is 0. The minimum absolute atomic E-state index is 0.352. The molecule has 0 aliphatic heterocycles. The molecule has 0 saturated carbocycles. The van der Waals surface area contributed by atoms with Crippen LogP contribution < -0.4 is 0 Å². The van der Waals surface area contributed by atoms with Crippen LogP contribution in [-0.4, -0.2) is 0 Å². The molecular formula is C29H20. The van der Waals surface area contributed by atoms with E-state index in [-0.39, 0.29) is 0 Å². The van der Waals surface area contributed by atoms with Crippen LogP contribution in [0.2, 0.25) is 0 Å². The largest absolute Gasteiger partial charge is 0.0726 e. The van der Waals surface area contributed by atoms with Gasteiger partial charge in [0, 0.05) is 17.8 Å². The Bertz CT molecular complexity index is 1300. The molecule has 3 atom stereocenters. The molecule has 1 unspecified atom stereocenters. The van der Waals surface area contributed by atoms with Crippen molar-refractivity contribution in [3.05, 3.63) is 141 Å². The lowest BCUT2D eigenvalue weighted by Crippen LogP contribution is -2.25. The van der Waals surface area contributed by atoms with Gasteiger partial charge in [-0.25, -0.2) is 0 Å². The van der Waals surface area contributed by atoms with E-state index in [0.717, 1.165) is 0 Å². The maximum Gasteiger partial charge on any atom is 0.0352 e. The molecule has 3 aromatic rings. The van der Waals surface area contributed by atoms with E-state index in [1.807, 2.05) is 0 Å². The fourth-order valence-electron chi connectivity index (χ4n) is 5.80. The molecule has 0 amide bonds. The van der Waals surface area contributed by atoms with Crippen molar-refractivity contribution in [1.82, 2.24) is 0 Å². The Hall–Kier alpha value is -3.38. The Kier molecular flexibility index (Phi) is 2.99. The van der Waals surface area contributed by atoms with Gasteiger partial charge in [-0.2, -0.15) is 0 Å². The smallest absolute Gasteiger partial charge is 0.0352 e. The summed E-state index contributed by atoms with van der Waals surface area (Å²) in [7, 11) is 0. The fourth-order valence-corrected chi connectivity index (χ4v) is 5.80. The van der Waals surface area contributed by atoms with E-state index in [1.165, 1.54) is 50.1 Å². The summed E-state index contributed by atoms with van der Waals surface area (Å²) in [4.78, 5) is 0. The first kappa shape index (κ1) is 15.5. The van der Waals surface area contributed by atoms with Crippen LogP contribution in [0.1, 0.15) is 56.7 Å². The number of rotatable bonds is 1. The van der Waals surface area contributed by atoms with Crippen LogP contribution in [0.5, 0.6) is 0 Å². The van der Waals surface area contributed by atoms with Crippen molar-refractivity contribution < 1.29 is 0 Å². The van der Waals surface area contributed by atoms with Gasteiger partial charge in [-0.15, -0.1) is 0 Å². The third-order valence-electron chi connectivity index (χ3n) is 7.07. The van der Waals surface area contributed by atoms with Crippen LogP contribution in [0.25, 0.3) is 12.2 Å². The van der Waals surface area contributed by atoms with Crippen molar-refractivity contribution in [2.24, 2.45) is 0 Å². The van der Waals surface area contributed by atoms with Crippen molar-refractivity contribution >= 4 is 12.2 Å². The molecule has 29 heavy (non-hydrogen) atoms. The van der Waals surface area contributed by atoms with Crippen molar-refractivity contribution in [3.8, 4) is 0 Å². The van der Waals surface area contributed by atoms with E-state index in [2.05, 4.69) is 103 Å². The quantitative estimate of drug-likeness (QED) is 0.435. The first-order chi connectivity index (χ1) is 14.4. The highest BCUT2D eigenvalue weighted by Crippen LogP contribution is 2.55.